The highest BCUT2D eigenvalue weighted by Gasteiger charge is 2.59. The number of hydrogen-bond acceptors (Lipinski definition) is 6. The van der Waals surface area contributed by atoms with Crippen LogP contribution in [0.5, 0.6) is 5.75 Å². The number of hydrogen-bond donors (Lipinski definition) is 1. The molecule has 1 aliphatic carbocycles. The topological polar surface area (TPSA) is 69.5 Å². The number of alkyl halides is 3. The van der Waals surface area contributed by atoms with Gasteiger partial charge in [0.1, 0.15) is 17.4 Å². The number of nitrogens with zero attached hydrogens (tertiary/aromatic N) is 3. The third-order valence-electron chi connectivity index (χ3n) is 6.76. The summed E-state index contributed by atoms with van der Waals surface area (Å²) in [7, 11) is 0. The van der Waals surface area contributed by atoms with Gasteiger partial charge in [0.05, 0.1) is 23.1 Å². The first-order valence-corrected chi connectivity index (χ1v) is 12.9. The lowest BCUT2D eigenvalue weighted by Crippen LogP contribution is -2.55. The highest BCUT2D eigenvalue weighted by Crippen LogP contribution is 2.48. The molecule has 1 spiro atoms. The van der Waals surface area contributed by atoms with Crippen molar-refractivity contribution in [3.8, 4) is 5.75 Å². The standard InChI is InChI=1S/C24H23F3N4O2S2/c25-24(26,27)19-12-16(14-29-20(19)13-28)30-21(32)23(8-1-9-23)31(22(30)34)15-2-4-17(5-3-15)33-18-6-10-35-11-7-18/h2-5,12-14,18,28H,1,6-11H2. The molecule has 1 aromatic carbocycles. The molecule has 5 rings (SSSR count). The Bertz CT molecular complexity index is 1160. The molecule has 1 aromatic heterocycles. The fraction of sp³-hybridized carbons (Fsp3) is 0.417. The number of nitrogens with one attached hydrogen (secondary N) is 1. The van der Waals surface area contributed by atoms with Crippen LogP contribution in [0.2, 0.25) is 0 Å². The van der Waals surface area contributed by atoms with Crippen molar-refractivity contribution in [1.82, 2.24) is 4.98 Å². The third-order valence-corrected chi connectivity index (χ3v) is 8.18. The van der Waals surface area contributed by atoms with Gasteiger partial charge in [0.15, 0.2) is 5.11 Å². The summed E-state index contributed by atoms with van der Waals surface area (Å²) in [6, 6.07) is 8.22. The molecule has 0 unspecified atom stereocenters. The highest BCUT2D eigenvalue weighted by atomic mass is 32.2. The number of carbonyl (C=O) groups excluding carboxylic acids is 1. The Labute approximate surface area is 210 Å². The number of benzene rings is 1. The Morgan fingerprint density at radius 2 is 1.86 bits per heavy atom. The quantitative estimate of drug-likeness (QED) is 0.419. The summed E-state index contributed by atoms with van der Waals surface area (Å²) in [6.07, 6.45) is 1.10. The van der Waals surface area contributed by atoms with Crippen LogP contribution in [0, 0.1) is 5.41 Å². The first-order valence-electron chi connectivity index (χ1n) is 11.4. The number of ether oxygens (including phenoxy) is 1. The Morgan fingerprint density at radius 3 is 2.43 bits per heavy atom. The summed E-state index contributed by atoms with van der Waals surface area (Å²) in [5.41, 5.74) is -1.87. The molecule has 6 nitrogen and oxygen atoms in total. The Balaban J connectivity index is 1.46. The SMILES string of the molecule is N=Cc1ncc(N2C(=O)C3(CCC3)N(c3ccc(OC4CCSCC4)cc3)C2=S)cc1C(F)(F)F. The Morgan fingerprint density at radius 1 is 1.17 bits per heavy atom. The molecule has 0 radical (unpaired) electrons. The van der Waals surface area contributed by atoms with E-state index in [0.717, 1.165) is 53.7 Å². The van der Waals surface area contributed by atoms with Gasteiger partial charge in [-0.1, -0.05) is 0 Å². The van der Waals surface area contributed by atoms with Crippen molar-refractivity contribution >= 4 is 52.6 Å². The minimum atomic E-state index is -4.72. The fourth-order valence-electron chi connectivity index (χ4n) is 4.80. The van der Waals surface area contributed by atoms with Crippen LogP contribution in [0.4, 0.5) is 24.5 Å². The molecular weight excluding hydrogens is 497 g/mol. The van der Waals surface area contributed by atoms with E-state index < -0.39 is 23.0 Å². The first-order chi connectivity index (χ1) is 16.7. The highest BCUT2D eigenvalue weighted by molar-refractivity contribution is 7.99. The van der Waals surface area contributed by atoms with Crippen molar-refractivity contribution in [2.75, 3.05) is 21.3 Å². The lowest BCUT2D eigenvalue weighted by Gasteiger charge is -2.43. The van der Waals surface area contributed by atoms with E-state index in [-0.39, 0.29) is 22.8 Å². The molecule has 2 aromatic rings. The molecule has 3 aliphatic rings. The van der Waals surface area contributed by atoms with Crippen LogP contribution in [0.1, 0.15) is 43.4 Å². The van der Waals surface area contributed by atoms with Gasteiger partial charge >= 0.3 is 6.18 Å². The molecule has 11 heteroatoms. The largest absolute Gasteiger partial charge is 0.490 e. The minimum absolute atomic E-state index is 0.0539. The number of thiocarbonyl (C=S) groups is 1. The van der Waals surface area contributed by atoms with Gasteiger partial charge in [-0.3, -0.25) is 14.7 Å². The molecule has 184 valence electrons. The van der Waals surface area contributed by atoms with Gasteiger partial charge in [0.25, 0.3) is 5.91 Å². The first kappa shape index (κ1) is 24.1. The summed E-state index contributed by atoms with van der Waals surface area (Å²) in [5.74, 6) is 2.54. The van der Waals surface area contributed by atoms with Crippen LogP contribution in [-0.2, 0) is 11.0 Å². The van der Waals surface area contributed by atoms with Gasteiger partial charge in [-0.2, -0.15) is 24.9 Å². The lowest BCUT2D eigenvalue weighted by atomic mass is 9.75. The predicted molar refractivity (Wildman–Crippen MR) is 134 cm³/mol. The Kier molecular flexibility index (Phi) is 6.25. The zero-order chi connectivity index (χ0) is 24.8. The van der Waals surface area contributed by atoms with Crippen molar-refractivity contribution in [3.05, 3.63) is 47.8 Å². The maximum Gasteiger partial charge on any atom is 0.418 e. The van der Waals surface area contributed by atoms with Crippen molar-refractivity contribution in [1.29, 1.82) is 5.41 Å². The van der Waals surface area contributed by atoms with Crippen molar-refractivity contribution < 1.29 is 22.7 Å². The summed E-state index contributed by atoms with van der Waals surface area (Å²) < 4.78 is 46.8. The lowest BCUT2D eigenvalue weighted by molar-refractivity contribution is -0.138. The number of carbonyl (C=O) groups is 1. The average Bonchev–Trinajstić information content (AvgIpc) is 3.06. The van der Waals surface area contributed by atoms with Crippen LogP contribution >= 0.6 is 24.0 Å². The second-order valence-corrected chi connectivity index (χ2v) is 10.4. The van der Waals surface area contributed by atoms with Crippen LogP contribution < -0.4 is 14.5 Å². The van der Waals surface area contributed by atoms with E-state index in [1.54, 1.807) is 4.90 Å². The van der Waals surface area contributed by atoms with Crippen LogP contribution in [0.25, 0.3) is 0 Å². The fourth-order valence-corrected chi connectivity index (χ4v) is 6.33. The molecule has 35 heavy (non-hydrogen) atoms. The molecule has 2 saturated heterocycles. The predicted octanol–water partition coefficient (Wildman–Crippen LogP) is 5.43. The molecule has 0 atom stereocenters. The number of halogens is 3. The van der Waals surface area contributed by atoms with Crippen LogP contribution in [-0.4, -0.2) is 45.4 Å². The van der Waals surface area contributed by atoms with Gasteiger partial charge in [-0.25, -0.2) is 0 Å². The summed E-state index contributed by atoms with van der Waals surface area (Å²) in [4.78, 5) is 20.3. The monoisotopic (exact) mass is 520 g/mol. The van der Waals surface area contributed by atoms with Gasteiger partial charge in [0.2, 0.25) is 0 Å². The zero-order valence-corrected chi connectivity index (χ0v) is 20.3. The number of thioether (sulfide) groups is 1. The Hall–Kier alpha value is -2.66. The van der Waals surface area contributed by atoms with Crippen LogP contribution in [0.15, 0.2) is 36.5 Å². The van der Waals surface area contributed by atoms with Crippen LogP contribution in [0.3, 0.4) is 0 Å². The van der Waals surface area contributed by atoms with Gasteiger partial charge in [0, 0.05) is 11.9 Å². The average molecular weight is 521 g/mol. The summed E-state index contributed by atoms with van der Waals surface area (Å²) in [5, 5.41) is 7.37. The molecule has 3 heterocycles. The van der Waals surface area contributed by atoms with E-state index in [2.05, 4.69) is 4.98 Å². The maximum absolute atomic E-state index is 13.6. The van der Waals surface area contributed by atoms with Gasteiger partial charge in [-0.05, 0) is 86.2 Å². The minimum Gasteiger partial charge on any atom is -0.490 e. The van der Waals surface area contributed by atoms with E-state index >= 15 is 0 Å². The van der Waals surface area contributed by atoms with E-state index in [9.17, 15) is 18.0 Å². The molecule has 3 fully saturated rings. The smallest absolute Gasteiger partial charge is 0.418 e. The second-order valence-electron chi connectivity index (χ2n) is 8.84. The second kappa shape index (κ2) is 9.09. The molecule has 2 aliphatic heterocycles. The van der Waals surface area contributed by atoms with Gasteiger partial charge in [-0.15, -0.1) is 0 Å². The zero-order valence-electron chi connectivity index (χ0n) is 18.7. The van der Waals surface area contributed by atoms with Crippen molar-refractivity contribution in [3.63, 3.8) is 0 Å². The van der Waals surface area contributed by atoms with Crippen molar-refractivity contribution in [2.45, 2.75) is 49.9 Å². The van der Waals surface area contributed by atoms with E-state index in [1.807, 2.05) is 36.0 Å². The summed E-state index contributed by atoms with van der Waals surface area (Å²) >= 11 is 7.58. The maximum atomic E-state index is 13.6. The summed E-state index contributed by atoms with van der Waals surface area (Å²) in [6.45, 7) is 0. The normalized spacial score (nSPS) is 20.3. The van der Waals surface area contributed by atoms with E-state index in [1.165, 1.54) is 0 Å². The third kappa shape index (κ3) is 4.18. The number of amides is 1. The number of pyridine rings is 1. The molecule has 0 bridgehead atoms. The molecular formula is C24H23F3N4O2S2. The number of rotatable bonds is 5. The van der Waals surface area contributed by atoms with Crippen molar-refractivity contribution in [2.24, 2.45) is 0 Å². The van der Waals surface area contributed by atoms with Gasteiger partial charge < -0.3 is 15.0 Å². The van der Waals surface area contributed by atoms with E-state index in [4.69, 9.17) is 22.4 Å². The number of aromatic nitrogens is 1. The number of anilines is 2. The molecule has 1 N–H and O–H groups in total. The molecule has 1 amide bonds. The van der Waals surface area contributed by atoms with E-state index in [0.29, 0.717) is 24.7 Å². The molecule has 1 saturated carbocycles.